The first-order chi connectivity index (χ1) is 10.9. The predicted octanol–water partition coefficient (Wildman–Crippen LogP) is 1.62. The number of hydrogen-bond acceptors (Lipinski definition) is 4. The molecule has 1 spiro atoms. The van der Waals surface area contributed by atoms with Gasteiger partial charge in [-0.25, -0.2) is 0 Å². The third kappa shape index (κ3) is 2.90. The maximum atomic E-state index is 13.0. The van der Waals surface area contributed by atoms with Crippen LogP contribution in [0.1, 0.15) is 23.0 Å². The second-order valence-electron chi connectivity index (χ2n) is 7.07. The van der Waals surface area contributed by atoms with E-state index in [9.17, 15) is 9.59 Å². The molecule has 2 atom stereocenters. The lowest BCUT2D eigenvalue weighted by atomic mass is 9.78. The van der Waals surface area contributed by atoms with Crippen molar-refractivity contribution in [2.75, 3.05) is 46.8 Å². The number of rotatable bonds is 4. The first-order valence-corrected chi connectivity index (χ1v) is 9.09. The fraction of sp³-hybridized carbons (Fsp3) is 0.647. The van der Waals surface area contributed by atoms with Crippen molar-refractivity contribution < 1.29 is 9.59 Å². The molecule has 0 unspecified atom stereocenters. The summed E-state index contributed by atoms with van der Waals surface area (Å²) < 4.78 is 0. The smallest absolute Gasteiger partial charge is 0.263 e. The van der Waals surface area contributed by atoms with Crippen LogP contribution in [0.15, 0.2) is 17.5 Å². The molecule has 1 aromatic heterocycles. The topological polar surface area (TPSA) is 43.9 Å². The van der Waals surface area contributed by atoms with E-state index in [1.807, 2.05) is 41.4 Å². The van der Waals surface area contributed by atoms with Crippen molar-refractivity contribution in [3.8, 4) is 0 Å². The Morgan fingerprint density at radius 1 is 1.48 bits per heavy atom. The molecule has 0 bridgehead atoms. The second-order valence-corrected chi connectivity index (χ2v) is 8.01. The number of nitrogens with zero attached hydrogens (tertiary/aromatic N) is 3. The fourth-order valence-electron chi connectivity index (χ4n) is 3.77. The lowest BCUT2D eigenvalue weighted by Crippen LogP contribution is -2.42. The van der Waals surface area contributed by atoms with Gasteiger partial charge in [-0.15, -0.1) is 11.3 Å². The fourth-order valence-corrected chi connectivity index (χ4v) is 4.46. The summed E-state index contributed by atoms with van der Waals surface area (Å²) in [5.41, 5.74) is -0.362. The lowest BCUT2D eigenvalue weighted by molar-refractivity contribution is -0.137. The van der Waals surface area contributed by atoms with E-state index in [-0.39, 0.29) is 23.1 Å². The van der Waals surface area contributed by atoms with Crippen LogP contribution in [-0.2, 0) is 4.79 Å². The maximum Gasteiger partial charge on any atom is 0.263 e. The van der Waals surface area contributed by atoms with Crippen molar-refractivity contribution in [1.82, 2.24) is 14.7 Å². The summed E-state index contributed by atoms with van der Waals surface area (Å²) in [4.78, 5) is 32.3. The number of hydrogen-bond donors (Lipinski definition) is 0. The molecule has 0 radical (unpaired) electrons. The minimum Gasteiger partial charge on any atom is -0.341 e. The highest BCUT2D eigenvalue weighted by Gasteiger charge is 2.55. The Bertz CT molecular complexity index is 587. The molecule has 0 aromatic carbocycles. The average Bonchev–Trinajstić information content (AvgIpc) is 3.20. The van der Waals surface area contributed by atoms with Crippen LogP contribution in [0.25, 0.3) is 0 Å². The van der Waals surface area contributed by atoms with Crippen molar-refractivity contribution in [3.63, 3.8) is 0 Å². The summed E-state index contributed by atoms with van der Waals surface area (Å²) in [7, 11) is 4.05. The van der Waals surface area contributed by atoms with Gasteiger partial charge in [0.1, 0.15) is 0 Å². The highest BCUT2D eigenvalue weighted by Crippen LogP contribution is 2.45. The molecule has 2 fully saturated rings. The molecule has 2 aliphatic rings. The van der Waals surface area contributed by atoms with E-state index in [4.69, 9.17) is 0 Å². The molecule has 23 heavy (non-hydrogen) atoms. The van der Waals surface area contributed by atoms with Gasteiger partial charge in [-0.05, 0) is 37.9 Å². The van der Waals surface area contributed by atoms with Crippen molar-refractivity contribution in [1.29, 1.82) is 0 Å². The Morgan fingerprint density at radius 2 is 2.26 bits per heavy atom. The van der Waals surface area contributed by atoms with E-state index in [0.29, 0.717) is 13.1 Å². The Morgan fingerprint density at radius 3 is 2.91 bits per heavy atom. The van der Waals surface area contributed by atoms with Gasteiger partial charge in [-0.1, -0.05) is 13.0 Å². The normalized spacial score (nSPS) is 27.7. The zero-order valence-electron chi connectivity index (χ0n) is 14.1. The van der Waals surface area contributed by atoms with Gasteiger partial charge in [-0.2, -0.15) is 0 Å². The molecule has 1 aromatic rings. The van der Waals surface area contributed by atoms with Crippen LogP contribution in [0.5, 0.6) is 0 Å². The second kappa shape index (κ2) is 6.24. The standard InChI is InChI=1S/C17H25N3O2S/c1-13-11-20(15(21)14-5-4-10-23-14)12-17(13)6-7-19(16(17)22)9-8-18(2)3/h4-5,10,13H,6-9,11-12H2,1-3H3/t13-,17-/m0/s1. The van der Waals surface area contributed by atoms with E-state index in [2.05, 4.69) is 11.8 Å². The number of carbonyl (C=O) groups excluding carboxylic acids is 2. The van der Waals surface area contributed by atoms with Crippen LogP contribution in [0.3, 0.4) is 0 Å². The van der Waals surface area contributed by atoms with Crippen molar-refractivity contribution in [3.05, 3.63) is 22.4 Å². The molecule has 2 saturated heterocycles. The van der Waals surface area contributed by atoms with Crippen LogP contribution in [0.4, 0.5) is 0 Å². The van der Waals surface area contributed by atoms with Crippen LogP contribution in [0.2, 0.25) is 0 Å². The molecular formula is C17H25N3O2S. The summed E-state index contributed by atoms with van der Waals surface area (Å²) in [6.45, 7) is 5.85. The summed E-state index contributed by atoms with van der Waals surface area (Å²) in [6.07, 6.45) is 0.870. The van der Waals surface area contributed by atoms with Gasteiger partial charge in [0.05, 0.1) is 10.3 Å². The third-order valence-corrected chi connectivity index (χ3v) is 6.15. The van der Waals surface area contributed by atoms with Crippen LogP contribution < -0.4 is 0 Å². The molecule has 2 aliphatic heterocycles. The van der Waals surface area contributed by atoms with Gasteiger partial charge in [0.25, 0.3) is 5.91 Å². The maximum absolute atomic E-state index is 13.0. The Hall–Kier alpha value is -1.40. The minimum atomic E-state index is -0.362. The van der Waals surface area contributed by atoms with Gasteiger partial charge in [0.2, 0.25) is 5.91 Å². The number of amides is 2. The van der Waals surface area contributed by atoms with Gasteiger partial charge >= 0.3 is 0 Å². The molecule has 3 heterocycles. The average molecular weight is 335 g/mol. The van der Waals surface area contributed by atoms with Gasteiger partial charge in [-0.3, -0.25) is 9.59 Å². The summed E-state index contributed by atoms with van der Waals surface area (Å²) in [5.74, 6) is 0.542. The highest BCUT2D eigenvalue weighted by molar-refractivity contribution is 7.12. The van der Waals surface area contributed by atoms with Crippen molar-refractivity contribution in [2.45, 2.75) is 13.3 Å². The number of thiophene rings is 1. The Kier molecular flexibility index (Phi) is 4.47. The van der Waals surface area contributed by atoms with Gasteiger partial charge in [0, 0.05) is 32.7 Å². The highest BCUT2D eigenvalue weighted by atomic mass is 32.1. The molecule has 6 heteroatoms. The molecule has 126 valence electrons. The number of carbonyl (C=O) groups is 2. The molecule has 0 saturated carbocycles. The lowest BCUT2D eigenvalue weighted by Gasteiger charge is -2.27. The Labute approximate surface area is 141 Å². The molecule has 3 rings (SSSR count). The third-order valence-electron chi connectivity index (χ3n) is 5.29. The van der Waals surface area contributed by atoms with E-state index in [1.54, 1.807) is 0 Å². The monoisotopic (exact) mass is 335 g/mol. The number of likely N-dealkylation sites (tertiary alicyclic amines) is 2. The first-order valence-electron chi connectivity index (χ1n) is 8.21. The molecule has 5 nitrogen and oxygen atoms in total. The number of likely N-dealkylation sites (N-methyl/N-ethyl adjacent to an activating group) is 1. The van der Waals surface area contributed by atoms with Gasteiger partial charge in [0.15, 0.2) is 0 Å². The SMILES string of the molecule is C[C@H]1CN(C(=O)c2cccs2)C[C@@]12CCN(CCN(C)C)C2=O. The molecular weight excluding hydrogens is 310 g/mol. The first kappa shape index (κ1) is 16.5. The van der Waals surface area contributed by atoms with Crippen LogP contribution in [-0.4, -0.2) is 73.3 Å². The van der Waals surface area contributed by atoms with E-state index in [1.165, 1.54) is 11.3 Å². The van der Waals surface area contributed by atoms with Crippen molar-refractivity contribution >= 4 is 23.2 Å². The summed E-state index contributed by atoms with van der Waals surface area (Å²) in [5, 5.41) is 1.92. The van der Waals surface area contributed by atoms with E-state index < -0.39 is 0 Å². The Balaban J connectivity index is 1.71. The summed E-state index contributed by atoms with van der Waals surface area (Å²) in [6, 6.07) is 3.76. The predicted molar refractivity (Wildman–Crippen MR) is 91.6 cm³/mol. The zero-order valence-corrected chi connectivity index (χ0v) is 14.9. The van der Waals surface area contributed by atoms with Gasteiger partial charge < -0.3 is 14.7 Å². The molecule has 2 amide bonds. The van der Waals surface area contributed by atoms with E-state index >= 15 is 0 Å². The largest absolute Gasteiger partial charge is 0.341 e. The molecule has 0 aliphatic carbocycles. The van der Waals surface area contributed by atoms with Crippen LogP contribution in [0, 0.1) is 11.3 Å². The molecule has 0 N–H and O–H groups in total. The minimum absolute atomic E-state index is 0.0725. The van der Waals surface area contributed by atoms with Crippen LogP contribution >= 0.6 is 11.3 Å². The zero-order chi connectivity index (χ0) is 16.6. The van der Waals surface area contributed by atoms with E-state index in [0.717, 1.165) is 30.9 Å². The van der Waals surface area contributed by atoms with Crippen molar-refractivity contribution in [2.24, 2.45) is 11.3 Å². The summed E-state index contributed by atoms with van der Waals surface area (Å²) >= 11 is 1.47. The quantitative estimate of drug-likeness (QED) is 0.840.